The van der Waals surface area contributed by atoms with Gasteiger partial charge in [-0.15, -0.1) is 12.4 Å². The molecular weight excluding hydrogens is 236 g/mol. The van der Waals surface area contributed by atoms with E-state index in [1.54, 1.807) is 0 Å². The third-order valence-electron chi connectivity index (χ3n) is 2.06. The SMILES string of the molecule is Cl.N[C@H](CO)[C@H](O)c1ccc([N+](=O)[O-])cc1. The number of benzene rings is 1. The number of non-ortho nitro benzene ring substituents is 1. The lowest BCUT2D eigenvalue weighted by Gasteiger charge is -2.16. The second-order valence-electron chi connectivity index (χ2n) is 3.14. The van der Waals surface area contributed by atoms with Crippen LogP contribution in [-0.4, -0.2) is 27.8 Å². The summed E-state index contributed by atoms with van der Waals surface area (Å²) in [5.41, 5.74) is 5.81. The molecule has 16 heavy (non-hydrogen) atoms. The molecule has 0 unspecified atom stereocenters. The highest BCUT2D eigenvalue weighted by atomic mass is 35.5. The van der Waals surface area contributed by atoms with Crippen molar-refractivity contribution >= 4 is 18.1 Å². The van der Waals surface area contributed by atoms with Crippen molar-refractivity contribution in [1.29, 1.82) is 0 Å². The number of aliphatic hydroxyl groups is 2. The second-order valence-corrected chi connectivity index (χ2v) is 3.14. The molecule has 0 radical (unpaired) electrons. The van der Waals surface area contributed by atoms with Crippen LogP contribution < -0.4 is 5.73 Å². The van der Waals surface area contributed by atoms with Crippen molar-refractivity contribution in [2.45, 2.75) is 12.1 Å². The highest BCUT2D eigenvalue weighted by molar-refractivity contribution is 5.85. The van der Waals surface area contributed by atoms with Crippen molar-refractivity contribution in [1.82, 2.24) is 0 Å². The van der Waals surface area contributed by atoms with Gasteiger partial charge in [-0.1, -0.05) is 0 Å². The number of nitro benzene ring substituents is 1. The van der Waals surface area contributed by atoms with Gasteiger partial charge in [-0.05, 0) is 17.7 Å². The lowest BCUT2D eigenvalue weighted by Crippen LogP contribution is -2.31. The van der Waals surface area contributed by atoms with Crippen LogP contribution in [0.3, 0.4) is 0 Å². The van der Waals surface area contributed by atoms with Crippen molar-refractivity contribution in [3.63, 3.8) is 0 Å². The summed E-state index contributed by atoms with van der Waals surface area (Å²) in [6.07, 6.45) is -1.02. The van der Waals surface area contributed by atoms with Crippen molar-refractivity contribution in [2.75, 3.05) is 6.61 Å². The van der Waals surface area contributed by atoms with Crippen molar-refractivity contribution in [3.05, 3.63) is 39.9 Å². The Morgan fingerprint density at radius 3 is 2.25 bits per heavy atom. The average Bonchev–Trinajstić information content (AvgIpc) is 2.27. The van der Waals surface area contributed by atoms with E-state index in [1.807, 2.05) is 0 Å². The van der Waals surface area contributed by atoms with Crippen LogP contribution in [0.15, 0.2) is 24.3 Å². The quantitative estimate of drug-likeness (QED) is 0.527. The summed E-state index contributed by atoms with van der Waals surface area (Å²) in [7, 11) is 0. The van der Waals surface area contributed by atoms with Crippen molar-refractivity contribution in [2.24, 2.45) is 5.73 Å². The number of rotatable bonds is 4. The summed E-state index contributed by atoms with van der Waals surface area (Å²) in [5, 5.41) is 28.6. The molecule has 0 saturated carbocycles. The van der Waals surface area contributed by atoms with Gasteiger partial charge in [-0.3, -0.25) is 10.1 Å². The Bertz CT molecular complexity index is 344. The monoisotopic (exact) mass is 248 g/mol. The molecule has 4 N–H and O–H groups in total. The minimum Gasteiger partial charge on any atom is -0.395 e. The molecule has 1 rings (SSSR count). The van der Waals surface area contributed by atoms with Crippen molar-refractivity contribution < 1.29 is 15.1 Å². The zero-order chi connectivity index (χ0) is 11.4. The Kier molecular flexibility index (Phi) is 5.91. The molecule has 0 heterocycles. The fraction of sp³-hybridized carbons (Fsp3) is 0.333. The van der Waals surface area contributed by atoms with Gasteiger partial charge in [-0.25, -0.2) is 0 Å². The molecule has 90 valence electrons. The Labute approximate surface area is 98.3 Å². The van der Waals surface area contributed by atoms with Crippen LogP contribution in [-0.2, 0) is 0 Å². The fourth-order valence-corrected chi connectivity index (χ4v) is 1.14. The van der Waals surface area contributed by atoms with Crippen LogP contribution in [0.5, 0.6) is 0 Å². The number of nitro groups is 1. The van der Waals surface area contributed by atoms with Crippen LogP contribution in [0.4, 0.5) is 5.69 Å². The first kappa shape index (κ1) is 14.8. The zero-order valence-electron chi connectivity index (χ0n) is 8.31. The van der Waals surface area contributed by atoms with Crippen LogP contribution in [0, 0.1) is 10.1 Å². The van der Waals surface area contributed by atoms with E-state index in [1.165, 1.54) is 24.3 Å². The lowest BCUT2D eigenvalue weighted by molar-refractivity contribution is -0.384. The first-order valence-corrected chi connectivity index (χ1v) is 4.35. The molecule has 7 heteroatoms. The van der Waals surface area contributed by atoms with Gasteiger partial charge in [0.25, 0.3) is 5.69 Å². The highest BCUT2D eigenvalue weighted by Gasteiger charge is 2.16. The van der Waals surface area contributed by atoms with Gasteiger partial charge in [0.15, 0.2) is 0 Å². The number of nitrogens with two attached hydrogens (primary N) is 1. The Hall–Kier alpha value is -1.21. The standard InChI is InChI=1S/C9H12N2O4.ClH/c10-8(5-12)9(13)6-1-3-7(4-2-6)11(14)15;/h1-4,8-9,12-13H,5,10H2;1H/t8-,9-;/m1./s1. The number of hydrogen-bond acceptors (Lipinski definition) is 5. The summed E-state index contributed by atoms with van der Waals surface area (Å²) in [6, 6.07) is 4.61. The molecule has 0 aliphatic rings. The molecular formula is C9H13ClN2O4. The Morgan fingerprint density at radius 1 is 1.38 bits per heavy atom. The van der Waals surface area contributed by atoms with E-state index in [-0.39, 0.29) is 24.7 Å². The van der Waals surface area contributed by atoms with Gasteiger partial charge >= 0.3 is 0 Å². The summed E-state index contributed by atoms with van der Waals surface area (Å²) < 4.78 is 0. The van der Waals surface area contributed by atoms with Crippen LogP contribution in [0.2, 0.25) is 0 Å². The third kappa shape index (κ3) is 3.42. The highest BCUT2D eigenvalue weighted by Crippen LogP contribution is 2.19. The molecule has 0 aliphatic carbocycles. The molecule has 0 aliphatic heterocycles. The van der Waals surface area contributed by atoms with Gasteiger partial charge in [0.05, 0.1) is 23.7 Å². The smallest absolute Gasteiger partial charge is 0.269 e. The number of hydrogen-bond donors (Lipinski definition) is 3. The maximum absolute atomic E-state index is 10.4. The molecule has 0 fully saturated rings. The predicted octanol–water partition coefficient (Wildman–Crippen LogP) is 0.370. The average molecular weight is 249 g/mol. The van der Waals surface area contributed by atoms with Gasteiger partial charge in [0.1, 0.15) is 0 Å². The molecule has 0 aromatic heterocycles. The maximum Gasteiger partial charge on any atom is 0.269 e. The van der Waals surface area contributed by atoms with E-state index in [2.05, 4.69) is 0 Å². The van der Waals surface area contributed by atoms with E-state index in [0.717, 1.165) is 0 Å². The minimum atomic E-state index is -1.02. The molecule has 1 aromatic rings. The van der Waals surface area contributed by atoms with E-state index in [0.29, 0.717) is 5.56 Å². The van der Waals surface area contributed by atoms with E-state index in [4.69, 9.17) is 10.8 Å². The first-order valence-electron chi connectivity index (χ1n) is 4.35. The van der Waals surface area contributed by atoms with Crippen LogP contribution in [0.1, 0.15) is 11.7 Å². The third-order valence-corrected chi connectivity index (χ3v) is 2.06. The minimum absolute atomic E-state index is 0. The molecule has 0 amide bonds. The maximum atomic E-state index is 10.4. The number of halogens is 1. The summed E-state index contributed by atoms with van der Waals surface area (Å²) in [4.78, 5) is 9.82. The van der Waals surface area contributed by atoms with E-state index in [9.17, 15) is 15.2 Å². The number of aliphatic hydroxyl groups excluding tert-OH is 2. The molecule has 0 spiro atoms. The summed E-state index contributed by atoms with van der Waals surface area (Å²) in [6.45, 7) is -0.349. The molecule has 0 bridgehead atoms. The second kappa shape index (κ2) is 6.39. The molecule has 1 aromatic carbocycles. The van der Waals surface area contributed by atoms with Gasteiger partial charge in [-0.2, -0.15) is 0 Å². The van der Waals surface area contributed by atoms with Gasteiger partial charge in [0, 0.05) is 12.1 Å². The molecule has 6 nitrogen and oxygen atoms in total. The summed E-state index contributed by atoms with van der Waals surface area (Å²) in [5.74, 6) is 0. The molecule has 0 saturated heterocycles. The van der Waals surface area contributed by atoms with Gasteiger partial charge in [0.2, 0.25) is 0 Å². The van der Waals surface area contributed by atoms with Crippen LogP contribution in [0.25, 0.3) is 0 Å². The normalized spacial score (nSPS) is 13.7. The van der Waals surface area contributed by atoms with Crippen LogP contribution >= 0.6 is 12.4 Å². The van der Waals surface area contributed by atoms with E-state index < -0.39 is 17.1 Å². The van der Waals surface area contributed by atoms with Crippen molar-refractivity contribution in [3.8, 4) is 0 Å². The van der Waals surface area contributed by atoms with Gasteiger partial charge < -0.3 is 15.9 Å². The predicted molar refractivity (Wildman–Crippen MR) is 60.4 cm³/mol. The topological polar surface area (TPSA) is 110 Å². The summed E-state index contributed by atoms with van der Waals surface area (Å²) >= 11 is 0. The lowest BCUT2D eigenvalue weighted by atomic mass is 10.0. The Balaban J connectivity index is 0.00000225. The first-order chi connectivity index (χ1) is 7.06. The largest absolute Gasteiger partial charge is 0.395 e. The zero-order valence-corrected chi connectivity index (χ0v) is 9.13. The molecule has 2 atom stereocenters. The Morgan fingerprint density at radius 2 is 1.88 bits per heavy atom. The van der Waals surface area contributed by atoms with E-state index >= 15 is 0 Å². The number of nitrogens with zero attached hydrogens (tertiary/aromatic N) is 1. The fourth-order valence-electron chi connectivity index (χ4n) is 1.14.